The predicted molar refractivity (Wildman–Crippen MR) is 106 cm³/mol. The number of nitrogens with one attached hydrogen (secondary N) is 1. The number of nitrogens with zero attached hydrogens (tertiary/aromatic N) is 1. The first-order valence-corrected chi connectivity index (χ1v) is 8.88. The van der Waals surface area contributed by atoms with Crippen molar-refractivity contribution in [3.63, 3.8) is 0 Å². The molecule has 0 aliphatic carbocycles. The van der Waals surface area contributed by atoms with E-state index in [4.69, 9.17) is 16.2 Å². The van der Waals surface area contributed by atoms with Crippen LogP contribution in [-0.2, 0) is 9.59 Å². The zero-order valence-corrected chi connectivity index (χ0v) is 15.7. The van der Waals surface area contributed by atoms with Crippen molar-refractivity contribution in [2.45, 2.75) is 19.4 Å². The first kappa shape index (κ1) is 19.9. The van der Waals surface area contributed by atoms with Crippen molar-refractivity contribution < 1.29 is 23.9 Å². The van der Waals surface area contributed by atoms with E-state index in [1.165, 1.54) is 23.1 Å². The standard InChI is InChI=1S/C20H20N4O5/c1-11-20(28)24(15-4-2-3-5-16(15)29-11)7-6-17(25)23-14-9-12(18(21)26)8-13(10-14)19(22)27/h2-5,8-11H,6-7H2,1H3,(H2,21,26)(H2,22,27)(H,23,25)/t11-/m0/s1. The molecule has 2 aromatic carbocycles. The summed E-state index contributed by atoms with van der Waals surface area (Å²) in [5.74, 6) is -1.60. The fourth-order valence-corrected chi connectivity index (χ4v) is 3.01. The van der Waals surface area contributed by atoms with Crippen LogP contribution in [0.4, 0.5) is 11.4 Å². The molecule has 4 amide bonds. The van der Waals surface area contributed by atoms with Crippen LogP contribution >= 0.6 is 0 Å². The van der Waals surface area contributed by atoms with E-state index in [1.54, 1.807) is 31.2 Å². The van der Waals surface area contributed by atoms with E-state index in [-0.39, 0.29) is 35.7 Å². The van der Waals surface area contributed by atoms with Crippen LogP contribution in [0.2, 0.25) is 0 Å². The number of nitrogens with two attached hydrogens (primary N) is 2. The summed E-state index contributed by atoms with van der Waals surface area (Å²) in [6.45, 7) is 1.78. The van der Waals surface area contributed by atoms with Gasteiger partial charge in [0, 0.05) is 29.8 Å². The fraction of sp³-hybridized carbons (Fsp3) is 0.200. The molecular weight excluding hydrogens is 376 g/mol. The maximum Gasteiger partial charge on any atom is 0.267 e. The van der Waals surface area contributed by atoms with Crippen molar-refractivity contribution in [1.29, 1.82) is 0 Å². The molecule has 0 unspecified atom stereocenters. The summed E-state index contributed by atoms with van der Waals surface area (Å²) in [5.41, 5.74) is 11.4. The van der Waals surface area contributed by atoms with Gasteiger partial charge in [0.1, 0.15) is 5.75 Å². The summed E-state index contributed by atoms with van der Waals surface area (Å²) in [7, 11) is 0. The van der Waals surface area contributed by atoms with Crippen LogP contribution < -0.4 is 26.4 Å². The van der Waals surface area contributed by atoms with Gasteiger partial charge < -0.3 is 26.4 Å². The third-order valence-corrected chi connectivity index (χ3v) is 4.42. The molecular formula is C20H20N4O5. The second kappa shape index (κ2) is 8.01. The Bertz CT molecular complexity index is 972. The lowest BCUT2D eigenvalue weighted by Gasteiger charge is -2.32. The SMILES string of the molecule is C[C@@H]1Oc2ccccc2N(CCC(=O)Nc2cc(C(N)=O)cc(C(N)=O)c2)C1=O. The smallest absolute Gasteiger partial charge is 0.267 e. The number of hydrogen-bond acceptors (Lipinski definition) is 5. The summed E-state index contributed by atoms with van der Waals surface area (Å²) >= 11 is 0. The van der Waals surface area contributed by atoms with Crippen molar-refractivity contribution in [1.82, 2.24) is 0 Å². The summed E-state index contributed by atoms with van der Waals surface area (Å²) in [4.78, 5) is 49.2. The number of hydrogen-bond donors (Lipinski definition) is 3. The Morgan fingerprint density at radius 3 is 2.31 bits per heavy atom. The van der Waals surface area contributed by atoms with E-state index in [0.717, 1.165) is 0 Å². The molecule has 150 valence electrons. The van der Waals surface area contributed by atoms with Crippen LogP contribution in [-0.4, -0.2) is 36.3 Å². The van der Waals surface area contributed by atoms with Crippen molar-refractivity contribution in [3.05, 3.63) is 53.6 Å². The van der Waals surface area contributed by atoms with Gasteiger partial charge in [-0.15, -0.1) is 0 Å². The highest BCUT2D eigenvalue weighted by Gasteiger charge is 2.31. The van der Waals surface area contributed by atoms with E-state index < -0.39 is 23.8 Å². The number of ether oxygens (including phenoxy) is 1. The highest BCUT2D eigenvalue weighted by molar-refractivity contribution is 6.03. The number of carbonyl (C=O) groups excluding carboxylic acids is 4. The highest BCUT2D eigenvalue weighted by Crippen LogP contribution is 2.33. The Balaban J connectivity index is 1.73. The lowest BCUT2D eigenvalue weighted by atomic mass is 10.1. The fourth-order valence-electron chi connectivity index (χ4n) is 3.01. The number of carbonyl (C=O) groups is 4. The lowest BCUT2D eigenvalue weighted by Crippen LogP contribution is -2.45. The molecule has 1 aliphatic heterocycles. The van der Waals surface area contributed by atoms with Crippen LogP contribution in [0.1, 0.15) is 34.1 Å². The van der Waals surface area contributed by atoms with Crippen LogP contribution in [0.5, 0.6) is 5.75 Å². The topological polar surface area (TPSA) is 145 Å². The summed E-state index contributed by atoms with van der Waals surface area (Å²) in [5, 5.41) is 2.60. The molecule has 0 fully saturated rings. The van der Waals surface area contributed by atoms with E-state index in [9.17, 15) is 19.2 Å². The number of primary amides is 2. The number of fused-ring (bicyclic) bond motifs is 1. The van der Waals surface area contributed by atoms with Gasteiger partial charge in [-0.05, 0) is 37.3 Å². The minimum absolute atomic E-state index is 0.0144. The quantitative estimate of drug-likeness (QED) is 0.668. The number of amides is 4. The van der Waals surface area contributed by atoms with Crippen LogP contribution in [0.25, 0.3) is 0 Å². The normalized spacial score (nSPS) is 15.3. The minimum atomic E-state index is -0.756. The van der Waals surface area contributed by atoms with Gasteiger partial charge in [-0.3, -0.25) is 19.2 Å². The Kier molecular flexibility index (Phi) is 5.49. The maximum atomic E-state index is 12.5. The minimum Gasteiger partial charge on any atom is -0.479 e. The molecule has 0 saturated heterocycles. The maximum absolute atomic E-state index is 12.5. The highest BCUT2D eigenvalue weighted by atomic mass is 16.5. The van der Waals surface area contributed by atoms with Gasteiger partial charge in [0.05, 0.1) is 5.69 Å². The third-order valence-electron chi connectivity index (χ3n) is 4.42. The Hall–Kier alpha value is -3.88. The number of rotatable bonds is 6. The van der Waals surface area contributed by atoms with Gasteiger partial charge in [-0.2, -0.15) is 0 Å². The largest absolute Gasteiger partial charge is 0.479 e. The molecule has 0 spiro atoms. The lowest BCUT2D eigenvalue weighted by molar-refractivity contribution is -0.125. The van der Waals surface area contributed by atoms with Crippen LogP contribution in [0.3, 0.4) is 0 Å². The molecule has 2 aromatic rings. The van der Waals surface area contributed by atoms with Crippen molar-refractivity contribution in [2.24, 2.45) is 11.5 Å². The molecule has 1 atom stereocenters. The molecule has 1 aliphatic rings. The van der Waals surface area contributed by atoms with Gasteiger partial charge >= 0.3 is 0 Å². The zero-order valence-electron chi connectivity index (χ0n) is 15.7. The molecule has 0 aromatic heterocycles. The molecule has 0 saturated carbocycles. The van der Waals surface area contributed by atoms with Crippen molar-refractivity contribution in [2.75, 3.05) is 16.8 Å². The summed E-state index contributed by atoms with van der Waals surface area (Å²) in [6, 6.07) is 11.0. The second-order valence-electron chi connectivity index (χ2n) is 6.54. The van der Waals surface area contributed by atoms with Crippen LogP contribution in [0.15, 0.2) is 42.5 Å². The predicted octanol–water partition coefficient (Wildman–Crippen LogP) is 1.03. The van der Waals surface area contributed by atoms with Crippen molar-refractivity contribution in [3.8, 4) is 5.75 Å². The van der Waals surface area contributed by atoms with Gasteiger partial charge in [0.15, 0.2) is 6.10 Å². The average Bonchev–Trinajstić information content (AvgIpc) is 2.68. The first-order chi connectivity index (χ1) is 13.8. The number of anilines is 2. The van der Waals surface area contributed by atoms with E-state index in [2.05, 4.69) is 5.32 Å². The third kappa shape index (κ3) is 4.34. The molecule has 0 bridgehead atoms. The molecule has 9 nitrogen and oxygen atoms in total. The average molecular weight is 396 g/mol. The van der Waals surface area contributed by atoms with Gasteiger partial charge in [-0.25, -0.2) is 0 Å². The van der Waals surface area contributed by atoms with Gasteiger partial charge in [-0.1, -0.05) is 12.1 Å². The van der Waals surface area contributed by atoms with E-state index in [0.29, 0.717) is 11.4 Å². The molecule has 3 rings (SSSR count). The van der Waals surface area contributed by atoms with Crippen molar-refractivity contribution >= 4 is 35.0 Å². The van der Waals surface area contributed by atoms with E-state index in [1.807, 2.05) is 0 Å². The summed E-state index contributed by atoms with van der Waals surface area (Å²) in [6.07, 6.45) is -0.669. The molecule has 5 N–H and O–H groups in total. The molecule has 1 heterocycles. The molecule has 29 heavy (non-hydrogen) atoms. The number of benzene rings is 2. The monoisotopic (exact) mass is 396 g/mol. The number of para-hydroxylation sites is 2. The molecule has 9 heteroatoms. The Morgan fingerprint density at radius 2 is 1.69 bits per heavy atom. The van der Waals surface area contributed by atoms with E-state index >= 15 is 0 Å². The first-order valence-electron chi connectivity index (χ1n) is 8.88. The zero-order chi connectivity index (χ0) is 21.1. The van der Waals surface area contributed by atoms with Crippen LogP contribution in [0, 0.1) is 0 Å². The summed E-state index contributed by atoms with van der Waals surface area (Å²) < 4.78 is 5.57. The second-order valence-corrected chi connectivity index (χ2v) is 6.54. The Morgan fingerprint density at radius 1 is 1.07 bits per heavy atom. The Labute approximate surface area is 166 Å². The van der Waals surface area contributed by atoms with Gasteiger partial charge in [0.25, 0.3) is 5.91 Å². The van der Waals surface area contributed by atoms with Gasteiger partial charge in [0.2, 0.25) is 17.7 Å². The molecule has 0 radical (unpaired) electrons.